The normalized spacial score (nSPS) is 23.3. The van der Waals surface area contributed by atoms with E-state index in [0.29, 0.717) is 29.9 Å². The van der Waals surface area contributed by atoms with Crippen LogP contribution < -0.4 is 10.5 Å². The summed E-state index contributed by atoms with van der Waals surface area (Å²) in [6.45, 7) is 3.37. The molecule has 0 bridgehead atoms. The number of nitrogens with zero attached hydrogens (tertiary/aromatic N) is 5. The van der Waals surface area contributed by atoms with Gasteiger partial charge in [0.1, 0.15) is 0 Å². The highest BCUT2D eigenvalue weighted by molar-refractivity contribution is 5.76. The maximum absolute atomic E-state index is 14.1. The van der Waals surface area contributed by atoms with Crippen molar-refractivity contribution < 1.29 is 9.18 Å². The Kier molecular flexibility index (Phi) is 4.20. The van der Waals surface area contributed by atoms with E-state index in [1.165, 1.54) is 22.9 Å². The van der Waals surface area contributed by atoms with Gasteiger partial charge in [-0.3, -0.25) is 19.1 Å². The van der Waals surface area contributed by atoms with Crippen LogP contribution in [0.1, 0.15) is 13.3 Å². The first-order valence-electron chi connectivity index (χ1n) is 9.11. The van der Waals surface area contributed by atoms with Gasteiger partial charge in [-0.05, 0) is 6.07 Å². The number of halogens is 1. The minimum atomic E-state index is -0.510. The molecule has 0 radical (unpaired) electrons. The summed E-state index contributed by atoms with van der Waals surface area (Å²) in [7, 11) is 3.57. The van der Waals surface area contributed by atoms with Crippen LogP contribution in [0.5, 0.6) is 0 Å². The molecule has 1 saturated carbocycles. The molecular weight excluding hydrogens is 349 g/mol. The van der Waals surface area contributed by atoms with Crippen molar-refractivity contribution in [3.05, 3.63) is 40.7 Å². The van der Waals surface area contributed by atoms with Crippen LogP contribution in [0.3, 0.4) is 0 Å². The van der Waals surface area contributed by atoms with Crippen LogP contribution in [-0.2, 0) is 11.8 Å². The first kappa shape index (κ1) is 17.6. The molecule has 2 aliphatic rings. The van der Waals surface area contributed by atoms with Crippen LogP contribution in [-0.4, -0.2) is 51.5 Å². The molecule has 0 aromatic carbocycles. The topological polar surface area (TPSA) is 71.3 Å². The van der Waals surface area contributed by atoms with E-state index in [0.717, 1.165) is 19.3 Å². The van der Waals surface area contributed by atoms with Crippen molar-refractivity contribution in [1.82, 2.24) is 19.4 Å². The molecule has 2 aromatic heterocycles. The molecular formula is C19H22FN5O2. The van der Waals surface area contributed by atoms with Crippen molar-refractivity contribution in [2.75, 3.05) is 25.0 Å². The second-order valence-corrected chi connectivity index (χ2v) is 7.28. The third-order valence-corrected chi connectivity index (χ3v) is 5.73. The number of pyridine rings is 1. The summed E-state index contributed by atoms with van der Waals surface area (Å²) in [6.07, 6.45) is 3.11. The third kappa shape index (κ3) is 2.89. The monoisotopic (exact) mass is 371 g/mol. The number of carbonyl (C=O) groups excluding carboxylic acids is 1. The molecule has 0 spiro atoms. The van der Waals surface area contributed by atoms with Gasteiger partial charge in [0.15, 0.2) is 5.82 Å². The SMILES string of the molecule is CCC(=O)N1CC2C(C1)C2N(C)c1nc(-c2ccncc2F)cc(=O)n1C. The first-order valence-corrected chi connectivity index (χ1v) is 9.11. The quantitative estimate of drug-likeness (QED) is 0.810. The minimum Gasteiger partial charge on any atom is -0.342 e. The molecule has 1 amide bonds. The summed E-state index contributed by atoms with van der Waals surface area (Å²) < 4.78 is 15.6. The van der Waals surface area contributed by atoms with E-state index in [2.05, 4.69) is 9.97 Å². The predicted molar refractivity (Wildman–Crippen MR) is 98.7 cm³/mol. The number of piperidine rings is 1. The highest BCUT2D eigenvalue weighted by atomic mass is 19.1. The van der Waals surface area contributed by atoms with Crippen LogP contribution >= 0.6 is 0 Å². The summed E-state index contributed by atoms with van der Waals surface area (Å²) >= 11 is 0. The molecule has 4 rings (SSSR count). The highest BCUT2D eigenvalue weighted by Gasteiger charge is 2.59. The first-order chi connectivity index (χ1) is 12.9. The summed E-state index contributed by atoms with van der Waals surface area (Å²) in [5.41, 5.74) is 0.313. The lowest BCUT2D eigenvalue weighted by Crippen LogP contribution is -2.38. The lowest BCUT2D eigenvalue weighted by Gasteiger charge is -2.26. The number of anilines is 1. The number of likely N-dealkylation sites (tertiary alicyclic amines) is 1. The van der Waals surface area contributed by atoms with Gasteiger partial charge in [0.05, 0.1) is 11.9 Å². The van der Waals surface area contributed by atoms with Crippen molar-refractivity contribution in [3.8, 4) is 11.3 Å². The maximum Gasteiger partial charge on any atom is 0.255 e. The van der Waals surface area contributed by atoms with E-state index in [-0.39, 0.29) is 23.1 Å². The van der Waals surface area contributed by atoms with Crippen LogP contribution in [0, 0.1) is 17.7 Å². The van der Waals surface area contributed by atoms with Crippen molar-refractivity contribution in [2.24, 2.45) is 18.9 Å². The predicted octanol–water partition coefficient (Wildman–Crippen LogP) is 1.28. The maximum atomic E-state index is 14.1. The fraction of sp³-hybridized carbons (Fsp3) is 0.474. The largest absolute Gasteiger partial charge is 0.342 e. The number of rotatable bonds is 4. The van der Waals surface area contributed by atoms with E-state index >= 15 is 0 Å². The summed E-state index contributed by atoms with van der Waals surface area (Å²) in [6, 6.07) is 3.09. The number of hydrogen-bond donors (Lipinski definition) is 0. The lowest BCUT2D eigenvalue weighted by molar-refractivity contribution is -0.130. The number of hydrogen-bond acceptors (Lipinski definition) is 5. The number of amides is 1. The second-order valence-electron chi connectivity index (χ2n) is 7.28. The van der Waals surface area contributed by atoms with Crippen molar-refractivity contribution >= 4 is 11.9 Å². The molecule has 27 heavy (non-hydrogen) atoms. The number of aromatic nitrogens is 3. The minimum absolute atomic E-state index is 0.185. The molecule has 8 heteroatoms. The standard InChI is InChI=1S/C19H22FN5O2/c1-4-16(26)25-9-12-13(10-25)18(12)24(3)19-22-15(7-17(27)23(19)2)11-5-6-21-8-14(11)20/h5-8,12-13,18H,4,9-10H2,1-3H3. The van der Waals surface area contributed by atoms with E-state index in [9.17, 15) is 14.0 Å². The third-order valence-electron chi connectivity index (χ3n) is 5.73. The van der Waals surface area contributed by atoms with E-state index in [1.54, 1.807) is 7.05 Å². The van der Waals surface area contributed by atoms with E-state index < -0.39 is 5.82 Å². The van der Waals surface area contributed by atoms with Crippen LogP contribution in [0.25, 0.3) is 11.3 Å². The Bertz CT molecular complexity index is 947. The zero-order valence-corrected chi connectivity index (χ0v) is 15.6. The fourth-order valence-electron chi connectivity index (χ4n) is 4.19. The zero-order valence-electron chi connectivity index (χ0n) is 15.6. The second kappa shape index (κ2) is 6.44. The molecule has 0 N–H and O–H groups in total. The van der Waals surface area contributed by atoms with E-state index in [4.69, 9.17) is 0 Å². The Labute approximate surface area is 156 Å². The Morgan fingerprint density at radius 1 is 1.37 bits per heavy atom. The van der Waals surface area contributed by atoms with Crippen molar-refractivity contribution in [2.45, 2.75) is 19.4 Å². The number of carbonyl (C=O) groups is 1. The Balaban J connectivity index is 1.61. The van der Waals surface area contributed by atoms with Crippen molar-refractivity contribution in [1.29, 1.82) is 0 Å². The van der Waals surface area contributed by atoms with Gasteiger partial charge in [-0.15, -0.1) is 0 Å². The molecule has 1 aliphatic heterocycles. The van der Waals surface area contributed by atoms with E-state index in [1.807, 2.05) is 23.8 Å². The smallest absolute Gasteiger partial charge is 0.255 e. The van der Waals surface area contributed by atoms with Gasteiger partial charge in [-0.1, -0.05) is 6.92 Å². The van der Waals surface area contributed by atoms with Gasteiger partial charge < -0.3 is 9.80 Å². The Morgan fingerprint density at radius 3 is 2.70 bits per heavy atom. The van der Waals surface area contributed by atoms with Gasteiger partial charge in [0.2, 0.25) is 11.9 Å². The van der Waals surface area contributed by atoms with Crippen LogP contribution in [0.15, 0.2) is 29.3 Å². The molecule has 3 heterocycles. The molecule has 2 atom stereocenters. The molecule has 142 valence electrons. The molecule has 1 aliphatic carbocycles. The van der Waals surface area contributed by atoms with Gasteiger partial charge in [-0.25, -0.2) is 9.37 Å². The molecule has 2 unspecified atom stereocenters. The average Bonchev–Trinajstić information content (AvgIpc) is 3.16. The van der Waals surface area contributed by atoms with Gasteiger partial charge >= 0.3 is 0 Å². The van der Waals surface area contributed by atoms with Gasteiger partial charge in [0.25, 0.3) is 5.56 Å². The molecule has 2 fully saturated rings. The number of fused-ring (bicyclic) bond motifs is 1. The summed E-state index contributed by atoms with van der Waals surface area (Å²) in [4.78, 5) is 36.5. The van der Waals surface area contributed by atoms with Crippen LogP contribution in [0.2, 0.25) is 0 Å². The average molecular weight is 371 g/mol. The molecule has 1 saturated heterocycles. The fourth-order valence-corrected chi connectivity index (χ4v) is 4.19. The van der Waals surface area contributed by atoms with Gasteiger partial charge in [0, 0.05) is 69.3 Å². The Hall–Kier alpha value is -2.77. The highest BCUT2D eigenvalue weighted by Crippen LogP contribution is 2.49. The van der Waals surface area contributed by atoms with Crippen LogP contribution in [0.4, 0.5) is 10.3 Å². The lowest BCUT2D eigenvalue weighted by atomic mass is 10.2. The van der Waals surface area contributed by atoms with Crippen molar-refractivity contribution in [3.63, 3.8) is 0 Å². The Morgan fingerprint density at radius 2 is 2.07 bits per heavy atom. The zero-order chi connectivity index (χ0) is 19.3. The summed E-state index contributed by atoms with van der Waals surface area (Å²) in [5, 5.41) is 0. The van der Waals surface area contributed by atoms with Gasteiger partial charge in [-0.2, -0.15) is 0 Å². The molecule has 2 aromatic rings. The molecule has 7 nitrogen and oxygen atoms in total. The summed E-state index contributed by atoms with van der Waals surface area (Å²) in [5.74, 6) is 0.960.